The third kappa shape index (κ3) is 2.81. The second-order valence-electron chi connectivity index (χ2n) is 6.72. The van der Waals surface area contributed by atoms with Gasteiger partial charge in [-0.1, -0.05) is 18.2 Å². The summed E-state index contributed by atoms with van der Waals surface area (Å²) in [6.07, 6.45) is -0.106. The zero-order chi connectivity index (χ0) is 19.8. The summed E-state index contributed by atoms with van der Waals surface area (Å²) in [4.78, 5) is 28.2. The van der Waals surface area contributed by atoms with Crippen molar-refractivity contribution < 1.29 is 9.90 Å². The van der Waals surface area contributed by atoms with Gasteiger partial charge in [-0.05, 0) is 44.0 Å². The molecule has 4 aromatic rings. The smallest absolute Gasteiger partial charge is 0.329 e. The summed E-state index contributed by atoms with van der Waals surface area (Å²) in [7, 11) is 0. The number of hydrogen-bond acceptors (Lipinski definition) is 3. The minimum absolute atomic E-state index is 0.106. The average Bonchev–Trinajstić information content (AvgIpc) is 3.17. The van der Waals surface area contributed by atoms with Crippen molar-refractivity contribution in [2.45, 2.75) is 26.4 Å². The predicted octanol–water partition coefficient (Wildman–Crippen LogP) is 3.22. The molecule has 3 heterocycles. The van der Waals surface area contributed by atoms with Crippen molar-refractivity contribution in [3.8, 4) is 0 Å². The fraction of sp³-hybridized carbons (Fsp3) is 0.190. The van der Waals surface area contributed by atoms with Gasteiger partial charge in [-0.3, -0.25) is 18.9 Å². The lowest BCUT2D eigenvalue weighted by atomic mass is 10.3. The molecule has 0 spiro atoms. The maximum absolute atomic E-state index is 13.1. The molecule has 7 heteroatoms. The van der Waals surface area contributed by atoms with Crippen LogP contribution in [-0.4, -0.2) is 31.3 Å². The molecule has 4 rings (SSSR count). The summed E-state index contributed by atoms with van der Waals surface area (Å²) in [5.74, 6) is -0.932. The summed E-state index contributed by atoms with van der Waals surface area (Å²) < 4.78 is 5.27. The van der Waals surface area contributed by atoms with E-state index in [4.69, 9.17) is 5.11 Å². The Morgan fingerprint density at radius 1 is 1.07 bits per heavy atom. The number of aryl methyl sites for hydroxylation is 2. The first kappa shape index (κ1) is 17.8. The van der Waals surface area contributed by atoms with Crippen LogP contribution >= 0.6 is 0 Å². The molecule has 0 saturated heterocycles. The number of fused-ring (bicyclic) bond motifs is 2. The van der Waals surface area contributed by atoms with Gasteiger partial charge in [0, 0.05) is 17.9 Å². The number of nitrogens with zero attached hydrogens (tertiary/aromatic N) is 4. The number of carboxylic acids is 1. The monoisotopic (exact) mass is 376 g/mol. The summed E-state index contributed by atoms with van der Waals surface area (Å²) in [6, 6.07) is 15.3. The molecule has 0 amide bonds. The van der Waals surface area contributed by atoms with Crippen molar-refractivity contribution in [2.24, 2.45) is 4.99 Å². The Hall–Kier alpha value is -3.61. The highest BCUT2D eigenvalue weighted by molar-refractivity contribution is 5.77. The number of pyridine rings is 1. The number of aliphatic imine (C=N–C) groups is 1. The first-order chi connectivity index (χ1) is 13.5. The van der Waals surface area contributed by atoms with E-state index in [1.807, 2.05) is 55.5 Å². The van der Waals surface area contributed by atoms with Crippen LogP contribution in [0.3, 0.4) is 0 Å². The Morgan fingerprint density at radius 3 is 2.43 bits per heavy atom. The molecule has 0 aliphatic rings. The highest BCUT2D eigenvalue weighted by atomic mass is 16.4. The van der Waals surface area contributed by atoms with Crippen molar-refractivity contribution >= 4 is 34.9 Å². The highest BCUT2D eigenvalue weighted by Gasteiger charge is 2.17. The van der Waals surface area contributed by atoms with Gasteiger partial charge in [0.15, 0.2) is 0 Å². The molecule has 28 heavy (non-hydrogen) atoms. The van der Waals surface area contributed by atoms with Crippen molar-refractivity contribution in [1.29, 1.82) is 0 Å². The second-order valence-corrected chi connectivity index (χ2v) is 6.72. The van der Waals surface area contributed by atoms with E-state index in [0.717, 1.165) is 33.6 Å². The minimum atomic E-state index is -0.932. The van der Waals surface area contributed by atoms with E-state index in [0.29, 0.717) is 6.54 Å². The van der Waals surface area contributed by atoms with Crippen LogP contribution in [0.5, 0.6) is 0 Å². The molecule has 3 aromatic heterocycles. The summed E-state index contributed by atoms with van der Waals surface area (Å²) in [6.45, 7) is 6.14. The van der Waals surface area contributed by atoms with Crippen LogP contribution in [0.1, 0.15) is 17.8 Å². The van der Waals surface area contributed by atoms with E-state index in [1.165, 1.54) is 4.57 Å². The summed E-state index contributed by atoms with van der Waals surface area (Å²) in [5, 5.41) is 9.02. The van der Waals surface area contributed by atoms with E-state index in [-0.39, 0.29) is 18.7 Å². The van der Waals surface area contributed by atoms with Gasteiger partial charge < -0.3 is 9.51 Å². The Balaban J connectivity index is 1.89. The second kappa shape index (κ2) is 6.84. The SMILES string of the molecule is C=Nc1cc(Cn2c(=O)n(CCC(=O)O)c3ccccc32)n2c(C)cccc12. The third-order valence-electron chi connectivity index (χ3n) is 5.00. The van der Waals surface area contributed by atoms with E-state index in [2.05, 4.69) is 16.1 Å². The Morgan fingerprint density at radius 2 is 1.75 bits per heavy atom. The molecule has 7 nitrogen and oxygen atoms in total. The van der Waals surface area contributed by atoms with Crippen LogP contribution in [0.4, 0.5) is 5.69 Å². The first-order valence-corrected chi connectivity index (χ1v) is 8.98. The molecule has 0 unspecified atom stereocenters. The van der Waals surface area contributed by atoms with Crippen LogP contribution in [0.2, 0.25) is 0 Å². The van der Waals surface area contributed by atoms with Crippen molar-refractivity contribution in [3.63, 3.8) is 0 Å². The first-order valence-electron chi connectivity index (χ1n) is 8.98. The number of aromatic nitrogens is 3. The van der Waals surface area contributed by atoms with Gasteiger partial charge in [0.05, 0.1) is 35.2 Å². The molecule has 0 aliphatic heterocycles. The standard InChI is InChI=1S/C21H20N4O3/c1-14-6-5-9-17-16(22-2)12-15(25(14)17)13-24-19-8-4-3-7-18(19)23(21(24)28)11-10-20(26)27/h3-9,12H,2,10-11,13H2,1H3,(H,26,27). The van der Waals surface area contributed by atoms with E-state index < -0.39 is 5.97 Å². The van der Waals surface area contributed by atoms with Crippen LogP contribution in [0, 0.1) is 6.92 Å². The quantitative estimate of drug-likeness (QED) is 0.525. The lowest BCUT2D eigenvalue weighted by molar-refractivity contribution is -0.137. The van der Waals surface area contributed by atoms with E-state index >= 15 is 0 Å². The lowest BCUT2D eigenvalue weighted by Crippen LogP contribution is -2.26. The topological polar surface area (TPSA) is 81.0 Å². The number of carbonyl (C=O) groups is 1. The van der Waals surface area contributed by atoms with Crippen molar-refractivity contribution in [3.05, 3.63) is 70.4 Å². The molecular formula is C21H20N4O3. The number of para-hydroxylation sites is 2. The van der Waals surface area contributed by atoms with Crippen LogP contribution < -0.4 is 5.69 Å². The molecule has 0 radical (unpaired) electrons. The zero-order valence-electron chi connectivity index (χ0n) is 15.5. The maximum atomic E-state index is 13.1. The average molecular weight is 376 g/mol. The van der Waals surface area contributed by atoms with Gasteiger partial charge in [0.25, 0.3) is 0 Å². The molecular weight excluding hydrogens is 356 g/mol. The Kier molecular flexibility index (Phi) is 4.35. The number of hydrogen-bond donors (Lipinski definition) is 1. The van der Waals surface area contributed by atoms with Gasteiger partial charge in [-0.2, -0.15) is 0 Å². The number of carboxylic acid groups (broad SMARTS) is 1. The van der Waals surface area contributed by atoms with Gasteiger partial charge >= 0.3 is 11.7 Å². The Labute approximate surface area is 160 Å². The lowest BCUT2D eigenvalue weighted by Gasteiger charge is -2.07. The van der Waals surface area contributed by atoms with Crippen molar-refractivity contribution in [2.75, 3.05) is 0 Å². The Bertz CT molecular complexity index is 1280. The van der Waals surface area contributed by atoms with Gasteiger partial charge in [0.1, 0.15) is 0 Å². The fourth-order valence-electron chi connectivity index (χ4n) is 3.75. The summed E-state index contributed by atoms with van der Waals surface area (Å²) in [5.41, 5.74) is 4.93. The number of imidazole rings is 1. The maximum Gasteiger partial charge on any atom is 0.329 e. The van der Waals surface area contributed by atoms with Crippen LogP contribution in [0.25, 0.3) is 16.6 Å². The molecule has 0 bridgehead atoms. The number of aliphatic carboxylic acids is 1. The third-order valence-corrected chi connectivity index (χ3v) is 5.00. The zero-order valence-corrected chi connectivity index (χ0v) is 15.5. The van der Waals surface area contributed by atoms with Gasteiger partial charge in [-0.25, -0.2) is 4.79 Å². The summed E-state index contributed by atoms with van der Waals surface area (Å²) >= 11 is 0. The van der Waals surface area contributed by atoms with E-state index in [1.54, 1.807) is 4.57 Å². The molecule has 0 fully saturated rings. The molecule has 0 atom stereocenters. The van der Waals surface area contributed by atoms with Crippen molar-refractivity contribution in [1.82, 2.24) is 13.5 Å². The fourth-order valence-corrected chi connectivity index (χ4v) is 3.75. The molecule has 0 saturated carbocycles. The van der Waals surface area contributed by atoms with Gasteiger partial charge in [0.2, 0.25) is 0 Å². The molecule has 1 aromatic carbocycles. The predicted molar refractivity (Wildman–Crippen MR) is 109 cm³/mol. The largest absolute Gasteiger partial charge is 0.481 e. The minimum Gasteiger partial charge on any atom is -0.481 e. The van der Waals surface area contributed by atoms with Crippen LogP contribution in [-0.2, 0) is 17.9 Å². The molecule has 0 aliphatic carbocycles. The van der Waals surface area contributed by atoms with Crippen LogP contribution in [0.15, 0.2) is 58.3 Å². The van der Waals surface area contributed by atoms with E-state index in [9.17, 15) is 9.59 Å². The molecule has 1 N–H and O–H groups in total. The number of benzene rings is 1. The molecule has 142 valence electrons. The normalized spacial score (nSPS) is 11.3. The highest BCUT2D eigenvalue weighted by Crippen LogP contribution is 2.27. The number of rotatable bonds is 6. The van der Waals surface area contributed by atoms with Gasteiger partial charge in [-0.15, -0.1) is 0 Å².